The molecule has 0 saturated carbocycles. The van der Waals surface area contributed by atoms with Crippen LogP contribution in [0.5, 0.6) is 0 Å². The highest BCUT2D eigenvalue weighted by Crippen LogP contribution is 2.25. The van der Waals surface area contributed by atoms with Crippen molar-refractivity contribution in [3.63, 3.8) is 0 Å². The van der Waals surface area contributed by atoms with E-state index in [2.05, 4.69) is 16.3 Å². The van der Waals surface area contributed by atoms with Crippen LogP contribution >= 0.6 is 11.8 Å². The maximum atomic E-state index is 13.0. The second-order valence-corrected chi connectivity index (χ2v) is 5.91. The quantitative estimate of drug-likeness (QED) is 0.685. The fourth-order valence-corrected chi connectivity index (χ4v) is 2.98. The summed E-state index contributed by atoms with van der Waals surface area (Å²) < 4.78 is 14.9. The first-order chi connectivity index (χ1) is 11.2. The number of thioether (sulfide) groups is 1. The lowest BCUT2D eigenvalue weighted by molar-refractivity contribution is 0.628. The van der Waals surface area contributed by atoms with Crippen LogP contribution in [0.25, 0.3) is 11.4 Å². The maximum Gasteiger partial charge on any atom is 0.191 e. The summed E-state index contributed by atoms with van der Waals surface area (Å²) in [7, 11) is 1.89. The molecule has 0 amide bonds. The number of hydrogen-bond donors (Lipinski definition) is 0. The van der Waals surface area contributed by atoms with Crippen LogP contribution in [-0.4, -0.2) is 14.8 Å². The monoisotopic (exact) mass is 324 g/mol. The fourth-order valence-electron chi connectivity index (χ4n) is 2.11. The lowest BCUT2D eigenvalue weighted by atomic mass is 10.2. The first-order valence-electron chi connectivity index (χ1n) is 6.94. The van der Waals surface area contributed by atoms with E-state index in [1.807, 2.05) is 23.7 Å². The summed E-state index contributed by atoms with van der Waals surface area (Å²) in [4.78, 5) is 0. The van der Waals surface area contributed by atoms with E-state index in [0.717, 1.165) is 22.0 Å². The van der Waals surface area contributed by atoms with E-state index in [4.69, 9.17) is 5.26 Å². The SMILES string of the molecule is Cn1c(SCc2ccc(C#N)cc2)nnc1-c1ccc(F)cc1. The Labute approximate surface area is 137 Å². The van der Waals surface area contributed by atoms with E-state index < -0.39 is 0 Å². The molecule has 0 aliphatic rings. The summed E-state index contributed by atoms with van der Waals surface area (Å²) in [6.45, 7) is 0. The van der Waals surface area contributed by atoms with Crippen molar-refractivity contribution < 1.29 is 4.39 Å². The summed E-state index contributed by atoms with van der Waals surface area (Å²) in [5.74, 6) is 1.17. The van der Waals surface area contributed by atoms with Gasteiger partial charge in [-0.3, -0.25) is 0 Å². The number of aromatic nitrogens is 3. The molecule has 114 valence electrons. The minimum absolute atomic E-state index is 0.272. The molecule has 2 aromatic carbocycles. The van der Waals surface area contributed by atoms with Crippen LogP contribution in [-0.2, 0) is 12.8 Å². The molecule has 1 heterocycles. The molecule has 0 aliphatic heterocycles. The first-order valence-corrected chi connectivity index (χ1v) is 7.93. The molecule has 0 unspecified atom stereocenters. The van der Waals surface area contributed by atoms with E-state index >= 15 is 0 Å². The first kappa shape index (κ1) is 15.3. The predicted octanol–water partition coefficient (Wildman–Crippen LogP) is 3.79. The van der Waals surface area contributed by atoms with Crippen molar-refractivity contribution in [3.05, 3.63) is 65.5 Å². The zero-order valence-electron chi connectivity index (χ0n) is 12.4. The number of nitrogens with zero attached hydrogens (tertiary/aromatic N) is 4. The topological polar surface area (TPSA) is 54.5 Å². The Kier molecular flexibility index (Phi) is 4.40. The van der Waals surface area contributed by atoms with E-state index in [0.29, 0.717) is 11.4 Å². The van der Waals surface area contributed by atoms with Gasteiger partial charge in [0.25, 0.3) is 0 Å². The Morgan fingerprint density at radius 2 is 1.78 bits per heavy atom. The molecule has 0 saturated heterocycles. The minimum Gasteiger partial charge on any atom is -0.305 e. The molecule has 0 radical (unpaired) electrons. The van der Waals surface area contributed by atoms with Gasteiger partial charge in [-0.2, -0.15) is 5.26 Å². The zero-order valence-corrected chi connectivity index (χ0v) is 13.2. The Bertz CT molecular complexity index is 848. The minimum atomic E-state index is -0.272. The number of rotatable bonds is 4. The summed E-state index contributed by atoms with van der Waals surface area (Å²) in [5.41, 5.74) is 2.59. The van der Waals surface area contributed by atoms with Gasteiger partial charge < -0.3 is 4.57 Å². The second-order valence-electron chi connectivity index (χ2n) is 4.97. The van der Waals surface area contributed by atoms with Crippen molar-refractivity contribution >= 4 is 11.8 Å². The van der Waals surface area contributed by atoms with E-state index in [-0.39, 0.29) is 5.82 Å². The number of halogens is 1. The van der Waals surface area contributed by atoms with Crippen molar-refractivity contribution in [2.45, 2.75) is 10.9 Å². The molecule has 4 nitrogen and oxygen atoms in total. The Morgan fingerprint density at radius 3 is 2.43 bits per heavy atom. The van der Waals surface area contributed by atoms with Crippen molar-refractivity contribution in [1.82, 2.24) is 14.8 Å². The average molecular weight is 324 g/mol. The van der Waals surface area contributed by atoms with Crippen molar-refractivity contribution in [3.8, 4) is 17.5 Å². The van der Waals surface area contributed by atoms with Gasteiger partial charge in [-0.25, -0.2) is 4.39 Å². The Balaban J connectivity index is 1.74. The van der Waals surface area contributed by atoms with Gasteiger partial charge >= 0.3 is 0 Å². The Morgan fingerprint density at radius 1 is 1.09 bits per heavy atom. The van der Waals surface area contributed by atoms with E-state index in [9.17, 15) is 4.39 Å². The van der Waals surface area contributed by atoms with Crippen LogP contribution in [0.15, 0.2) is 53.7 Å². The summed E-state index contributed by atoms with van der Waals surface area (Å²) in [5, 5.41) is 18.0. The average Bonchev–Trinajstić information content (AvgIpc) is 2.95. The van der Waals surface area contributed by atoms with Crippen LogP contribution in [0.4, 0.5) is 4.39 Å². The molecule has 1 aromatic heterocycles. The van der Waals surface area contributed by atoms with E-state index in [1.165, 1.54) is 12.1 Å². The maximum absolute atomic E-state index is 13.0. The highest BCUT2D eigenvalue weighted by molar-refractivity contribution is 7.98. The van der Waals surface area contributed by atoms with Crippen LogP contribution in [0.1, 0.15) is 11.1 Å². The molecule has 3 rings (SSSR count). The number of benzene rings is 2. The van der Waals surface area contributed by atoms with Gasteiger partial charge in [-0.05, 0) is 42.0 Å². The highest BCUT2D eigenvalue weighted by Gasteiger charge is 2.11. The molecular formula is C17H13FN4S. The van der Waals surface area contributed by atoms with E-state index in [1.54, 1.807) is 36.0 Å². The van der Waals surface area contributed by atoms with Crippen molar-refractivity contribution in [2.24, 2.45) is 7.05 Å². The molecule has 23 heavy (non-hydrogen) atoms. The van der Waals surface area contributed by atoms with Gasteiger partial charge in [0, 0.05) is 18.4 Å². The fraction of sp³-hybridized carbons (Fsp3) is 0.118. The Hall–Kier alpha value is -2.65. The van der Waals surface area contributed by atoms with Crippen LogP contribution in [0.2, 0.25) is 0 Å². The third-order valence-corrected chi connectivity index (χ3v) is 4.48. The molecule has 6 heteroatoms. The van der Waals surface area contributed by atoms with Crippen LogP contribution in [0, 0.1) is 17.1 Å². The molecule has 0 aliphatic carbocycles. The van der Waals surface area contributed by atoms with Gasteiger partial charge in [0.15, 0.2) is 11.0 Å². The molecule has 0 fully saturated rings. The summed E-state index contributed by atoms with van der Waals surface area (Å²) >= 11 is 1.56. The van der Waals surface area contributed by atoms with Crippen molar-refractivity contribution in [1.29, 1.82) is 5.26 Å². The highest BCUT2D eigenvalue weighted by atomic mass is 32.2. The molecule has 0 N–H and O–H groups in total. The van der Waals surface area contributed by atoms with Gasteiger partial charge in [0.1, 0.15) is 5.82 Å². The lowest BCUT2D eigenvalue weighted by Crippen LogP contribution is -1.95. The zero-order chi connectivity index (χ0) is 16.2. The standard InChI is InChI=1S/C17H13FN4S/c1-22-16(14-6-8-15(18)9-7-14)20-21-17(22)23-11-13-4-2-12(10-19)3-5-13/h2-9H,11H2,1H3. The smallest absolute Gasteiger partial charge is 0.191 e. The number of nitriles is 1. The molecule has 0 bridgehead atoms. The van der Waals surface area contributed by atoms with Gasteiger partial charge in [-0.1, -0.05) is 23.9 Å². The molecular weight excluding hydrogens is 311 g/mol. The third-order valence-electron chi connectivity index (χ3n) is 3.39. The summed E-state index contributed by atoms with van der Waals surface area (Å²) in [6.07, 6.45) is 0. The predicted molar refractivity (Wildman–Crippen MR) is 87.1 cm³/mol. The van der Waals surface area contributed by atoms with Crippen molar-refractivity contribution in [2.75, 3.05) is 0 Å². The molecule has 0 spiro atoms. The number of hydrogen-bond acceptors (Lipinski definition) is 4. The van der Waals surface area contributed by atoms with Gasteiger partial charge in [0.2, 0.25) is 0 Å². The molecule has 3 aromatic rings. The van der Waals surface area contributed by atoms with Gasteiger partial charge in [0.05, 0.1) is 11.6 Å². The van der Waals surface area contributed by atoms with Crippen LogP contribution in [0.3, 0.4) is 0 Å². The van der Waals surface area contributed by atoms with Crippen LogP contribution < -0.4 is 0 Å². The second kappa shape index (κ2) is 6.63. The third kappa shape index (κ3) is 3.41. The van der Waals surface area contributed by atoms with Gasteiger partial charge in [-0.15, -0.1) is 10.2 Å². The summed E-state index contributed by atoms with van der Waals surface area (Å²) in [6, 6.07) is 15.8. The molecule has 0 atom stereocenters. The largest absolute Gasteiger partial charge is 0.305 e. The normalized spacial score (nSPS) is 10.5. The lowest BCUT2D eigenvalue weighted by Gasteiger charge is -2.04.